The summed E-state index contributed by atoms with van der Waals surface area (Å²) >= 11 is 8.99. The van der Waals surface area contributed by atoms with E-state index in [4.69, 9.17) is 11.6 Å². The Bertz CT molecular complexity index is 559. The Labute approximate surface area is 126 Å². The van der Waals surface area contributed by atoms with Crippen LogP contribution in [0.1, 0.15) is 6.92 Å². The lowest BCUT2D eigenvalue weighted by atomic mass is 10.4. The maximum Gasteiger partial charge on any atom is 0.245 e. The van der Waals surface area contributed by atoms with Gasteiger partial charge < -0.3 is 4.90 Å². The highest BCUT2D eigenvalue weighted by Gasteiger charge is 2.30. The zero-order valence-electron chi connectivity index (χ0n) is 10.6. The van der Waals surface area contributed by atoms with Crippen molar-refractivity contribution in [2.24, 2.45) is 0 Å². The van der Waals surface area contributed by atoms with Crippen molar-refractivity contribution >= 4 is 37.6 Å². The molecule has 0 unspecified atom stereocenters. The quantitative estimate of drug-likeness (QED) is 0.785. The van der Waals surface area contributed by atoms with Crippen LogP contribution in [0.2, 0.25) is 5.15 Å². The number of quaternary nitrogens is 1. The highest BCUT2D eigenvalue weighted by atomic mass is 79.9. The van der Waals surface area contributed by atoms with Crippen molar-refractivity contribution in [1.29, 1.82) is 0 Å². The van der Waals surface area contributed by atoms with Crippen molar-refractivity contribution in [2.75, 3.05) is 32.7 Å². The lowest BCUT2D eigenvalue weighted by Crippen LogP contribution is -3.14. The van der Waals surface area contributed by atoms with E-state index in [1.54, 1.807) is 0 Å². The maximum atomic E-state index is 12.5. The monoisotopic (exact) mass is 368 g/mol. The first-order valence-electron chi connectivity index (χ1n) is 6.10. The average Bonchev–Trinajstić information content (AvgIpc) is 2.41. The van der Waals surface area contributed by atoms with Gasteiger partial charge in [-0.15, -0.1) is 0 Å². The minimum absolute atomic E-state index is 0.184. The van der Waals surface area contributed by atoms with Crippen LogP contribution in [0.5, 0.6) is 0 Å². The van der Waals surface area contributed by atoms with E-state index >= 15 is 0 Å². The van der Waals surface area contributed by atoms with E-state index in [1.807, 2.05) is 0 Å². The lowest BCUT2D eigenvalue weighted by molar-refractivity contribution is -0.901. The molecule has 1 N–H and O–H groups in total. The smallest absolute Gasteiger partial charge is 0.245 e. The molecular weight excluding hydrogens is 354 g/mol. The van der Waals surface area contributed by atoms with Crippen LogP contribution in [-0.4, -0.2) is 50.4 Å². The Hall–Kier alpha value is -0.210. The summed E-state index contributed by atoms with van der Waals surface area (Å²) in [6, 6.07) is 1.50. The molecule has 1 fully saturated rings. The number of nitrogens with zero attached hydrogens (tertiary/aromatic N) is 2. The standard InChI is InChI=1S/C11H15BrClN3O2S/c1-2-15-3-5-16(6-4-15)19(17,18)9-7-10(12)11(13)14-8-9/h7-8H,2-6H2,1H3/p+1. The SMILES string of the molecule is CC[NH+]1CCN(S(=O)(=O)c2cnc(Cl)c(Br)c2)CC1. The number of halogens is 2. The Morgan fingerprint density at radius 3 is 2.63 bits per heavy atom. The van der Waals surface area contributed by atoms with Gasteiger partial charge in [-0.3, -0.25) is 0 Å². The fourth-order valence-corrected chi connectivity index (χ4v) is 4.11. The molecule has 0 aliphatic carbocycles. The van der Waals surface area contributed by atoms with Crippen LogP contribution in [0.4, 0.5) is 0 Å². The summed E-state index contributed by atoms with van der Waals surface area (Å²) in [4.78, 5) is 5.49. The average molecular weight is 370 g/mol. The van der Waals surface area contributed by atoms with Crippen LogP contribution < -0.4 is 4.90 Å². The molecule has 8 heteroatoms. The van der Waals surface area contributed by atoms with Gasteiger partial charge in [0.2, 0.25) is 10.0 Å². The van der Waals surface area contributed by atoms with Crippen LogP contribution in [0.15, 0.2) is 21.6 Å². The van der Waals surface area contributed by atoms with Crippen molar-refractivity contribution in [3.05, 3.63) is 21.9 Å². The van der Waals surface area contributed by atoms with E-state index in [2.05, 4.69) is 27.8 Å². The molecule has 2 heterocycles. The molecule has 0 spiro atoms. The van der Waals surface area contributed by atoms with E-state index < -0.39 is 10.0 Å². The van der Waals surface area contributed by atoms with Gasteiger partial charge in [-0.1, -0.05) is 11.6 Å². The number of likely N-dealkylation sites (N-methyl/N-ethyl adjacent to an activating group) is 1. The van der Waals surface area contributed by atoms with Crippen LogP contribution in [0, 0.1) is 0 Å². The molecule has 1 aromatic heterocycles. The lowest BCUT2D eigenvalue weighted by Gasteiger charge is -2.30. The fourth-order valence-electron chi connectivity index (χ4n) is 2.09. The molecule has 1 aliphatic heterocycles. The number of hydrogen-bond donors (Lipinski definition) is 1. The summed E-state index contributed by atoms with van der Waals surface area (Å²) < 4.78 is 26.9. The number of piperazine rings is 1. The van der Waals surface area contributed by atoms with E-state index in [1.165, 1.54) is 21.5 Å². The number of hydrogen-bond acceptors (Lipinski definition) is 3. The summed E-state index contributed by atoms with van der Waals surface area (Å²) in [5.74, 6) is 0. The third-order valence-electron chi connectivity index (χ3n) is 3.34. The van der Waals surface area contributed by atoms with Crippen LogP contribution in [-0.2, 0) is 10.0 Å². The Morgan fingerprint density at radius 1 is 1.47 bits per heavy atom. The largest absolute Gasteiger partial charge is 0.333 e. The second-order valence-electron chi connectivity index (χ2n) is 4.45. The molecule has 0 amide bonds. The number of aromatic nitrogens is 1. The molecule has 1 saturated heterocycles. The third-order valence-corrected chi connectivity index (χ3v) is 6.34. The number of pyridine rings is 1. The highest BCUT2D eigenvalue weighted by Crippen LogP contribution is 2.24. The number of nitrogens with one attached hydrogen (secondary N) is 1. The first-order valence-corrected chi connectivity index (χ1v) is 8.71. The Kier molecular flexibility index (Phi) is 4.84. The predicted molar refractivity (Wildman–Crippen MR) is 76.9 cm³/mol. The molecule has 5 nitrogen and oxygen atoms in total. The normalized spacial score (nSPS) is 18.7. The molecule has 0 saturated carbocycles. The van der Waals surface area contributed by atoms with Crippen molar-refractivity contribution in [3.8, 4) is 0 Å². The van der Waals surface area contributed by atoms with Gasteiger partial charge in [-0.25, -0.2) is 13.4 Å². The maximum absolute atomic E-state index is 12.5. The summed E-state index contributed by atoms with van der Waals surface area (Å²) in [6.45, 7) is 5.93. The third kappa shape index (κ3) is 3.28. The molecule has 19 heavy (non-hydrogen) atoms. The van der Waals surface area contributed by atoms with Gasteiger partial charge in [0.1, 0.15) is 10.0 Å². The first kappa shape index (κ1) is 15.2. The molecule has 2 rings (SSSR count). The Balaban J connectivity index is 2.21. The van der Waals surface area contributed by atoms with Crippen molar-refractivity contribution in [3.63, 3.8) is 0 Å². The van der Waals surface area contributed by atoms with Gasteiger partial charge in [-0.2, -0.15) is 4.31 Å². The van der Waals surface area contributed by atoms with Crippen LogP contribution >= 0.6 is 27.5 Å². The van der Waals surface area contributed by atoms with Crippen LogP contribution in [0.25, 0.3) is 0 Å². The van der Waals surface area contributed by atoms with Gasteiger partial charge >= 0.3 is 0 Å². The van der Waals surface area contributed by atoms with E-state index in [9.17, 15) is 8.42 Å². The highest BCUT2D eigenvalue weighted by molar-refractivity contribution is 9.10. The zero-order valence-corrected chi connectivity index (χ0v) is 13.7. The van der Waals surface area contributed by atoms with Gasteiger partial charge in [0.05, 0.1) is 37.2 Å². The van der Waals surface area contributed by atoms with Gasteiger partial charge in [-0.05, 0) is 28.9 Å². The summed E-state index contributed by atoms with van der Waals surface area (Å²) in [7, 11) is -3.46. The summed E-state index contributed by atoms with van der Waals surface area (Å²) in [6.07, 6.45) is 1.31. The molecule has 0 bridgehead atoms. The zero-order chi connectivity index (χ0) is 14.0. The van der Waals surface area contributed by atoms with Crippen molar-refractivity contribution < 1.29 is 13.3 Å². The van der Waals surface area contributed by atoms with Gasteiger partial charge in [0, 0.05) is 6.20 Å². The fraction of sp³-hybridized carbons (Fsp3) is 0.545. The van der Waals surface area contributed by atoms with Crippen molar-refractivity contribution in [1.82, 2.24) is 9.29 Å². The van der Waals surface area contributed by atoms with E-state index in [0.29, 0.717) is 17.6 Å². The molecule has 0 atom stereocenters. The predicted octanol–water partition coefficient (Wildman–Crippen LogP) is 0.407. The van der Waals surface area contributed by atoms with E-state index in [-0.39, 0.29) is 10.0 Å². The van der Waals surface area contributed by atoms with Gasteiger partial charge in [0.25, 0.3) is 0 Å². The van der Waals surface area contributed by atoms with Gasteiger partial charge in [0.15, 0.2) is 0 Å². The molecule has 1 aliphatic rings. The Morgan fingerprint density at radius 2 is 2.11 bits per heavy atom. The summed E-state index contributed by atoms with van der Waals surface area (Å²) in [5.41, 5.74) is 0. The second kappa shape index (κ2) is 6.05. The molecule has 1 aromatic rings. The molecule has 0 radical (unpaired) electrons. The van der Waals surface area contributed by atoms with Crippen molar-refractivity contribution in [2.45, 2.75) is 11.8 Å². The molecule has 106 valence electrons. The van der Waals surface area contributed by atoms with E-state index in [0.717, 1.165) is 19.6 Å². The second-order valence-corrected chi connectivity index (χ2v) is 7.60. The summed E-state index contributed by atoms with van der Waals surface area (Å²) in [5, 5.41) is 0.263. The number of sulfonamides is 1. The first-order chi connectivity index (χ1) is 8.95. The minimum Gasteiger partial charge on any atom is -0.333 e. The molecular formula is C11H16BrClN3O2S+. The minimum atomic E-state index is -3.46. The molecule has 0 aromatic carbocycles. The number of rotatable bonds is 3. The topological polar surface area (TPSA) is 54.7 Å². The van der Waals surface area contributed by atoms with Crippen LogP contribution in [0.3, 0.4) is 0 Å².